The van der Waals surface area contributed by atoms with Gasteiger partial charge in [-0.1, -0.05) is 0 Å². The van der Waals surface area contributed by atoms with Gasteiger partial charge in [0.25, 0.3) is 0 Å². The summed E-state index contributed by atoms with van der Waals surface area (Å²) in [6, 6.07) is 0.416. The molecular formula is C13H23N3O. The highest BCUT2D eigenvalue weighted by atomic mass is 16.5. The molecule has 1 aliphatic rings. The van der Waals surface area contributed by atoms with Crippen LogP contribution in [-0.2, 0) is 24.1 Å². The van der Waals surface area contributed by atoms with Crippen LogP contribution in [0.2, 0.25) is 0 Å². The van der Waals surface area contributed by atoms with Crippen molar-refractivity contribution in [2.45, 2.75) is 45.2 Å². The van der Waals surface area contributed by atoms with Crippen molar-refractivity contribution in [2.24, 2.45) is 0 Å². The van der Waals surface area contributed by atoms with Gasteiger partial charge in [0.15, 0.2) is 0 Å². The van der Waals surface area contributed by atoms with Gasteiger partial charge in [0.05, 0.1) is 18.6 Å². The summed E-state index contributed by atoms with van der Waals surface area (Å²) < 4.78 is 7.41. The van der Waals surface area contributed by atoms with Gasteiger partial charge in [0.2, 0.25) is 0 Å². The lowest BCUT2D eigenvalue weighted by Gasteiger charge is -2.16. The van der Waals surface area contributed by atoms with Crippen molar-refractivity contribution < 1.29 is 4.74 Å². The van der Waals surface area contributed by atoms with Crippen LogP contribution < -0.4 is 5.32 Å². The Kier molecular flexibility index (Phi) is 4.57. The first kappa shape index (κ1) is 12.6. The van der Waals surface area contributed by atoms with Crippen LogP contribution in [0.1, 0.15) is 31.2 Å². The van der Waals surface area contributed by atoms with E-state index in [1.54, 1.807) is 7.11 Å². The Labute approximate surface area is 103 Å². The number of methoxy groups -OCH3 is 1. The molecule has 0 aliphatic heterocycles. The van der Waals surface area contributed by atoms with Crippen molar-refractivity contribution in [3.8, 4) is 0 Å². The molecule has 4 heteroatoms. The number of rotatable bonds is 6. The fraction of sp³-hybridized carbons (Fsp3) is 0.769. The Bertz CT molecular complexity index is 348. The molecular weight excluding hydrogens is 214 g/mol. The van der Waals surface area contributed by atoms with Gasteiger partial charge in [-0.05, 0) is 32.6 Å². The summed E-state index contributed by atoms with van der Waals surface area (Å²) in [6.45, 7) is 4.90. The molecule has 1 N–H and O–H groups in total. The van der Waals surface area contributed by atoms with Crippen LogP contribution in [0.15, 0.2) is 6.33 Å². The molecule has 0 spiro atoms. The molecule has 0 aromatic carbocycles. The van der Waals surface area contributed by atoms with Crippen molar-refractivity contribution in [2.75, 3.05) is 20.3 Å². The normalized spacial score (nSPS) is 16.8. The Balaban J connectivity index is 1.81. The smallest absolute Gasteiger partial charge is 0.0952 e. The van der Waals surface area contributed by atoms with Gasteiger partial charge in [-0.25, -0.2) is 4.98 Å². The second kappa shape index (κ2) is 6.17. The van der Waals surface area contributed by atoms with Gasteiger partial charge in [0, 0.05) is 31.9 Å². The second-order valence-electron chi connectivity index (χ2n) is 4.85. The predicted octanol–water partition coefficient (Wildman–Crippen LogP) is 1.39. The zero-order valence-electron chi connectivity index (χ0n) is 10.9. The van der Waals surface area contributed by atoms with E-state index in [0.29, 0.717) is 6.04 Å². The Hall–Kier alpha value is -0.870. The van der Waals surface area contributed by atoms with Gasteiger partial charge >= 0.3 is 0 Å². The van der Waals surface area contributed by atoms with Gasteiger partial charge in [0.1, 0.15) is 0 Å². The van der Waals surface area contributed by atoms with E-state index < -0.39 is 0 Å². The molecule has 0 bridgehead atoms. The monoisotopic (exact) mass is 237 g/mol. The van der Waals surface area contributed by atoms with Crippen LogP contribution >= 0.6 is 0 Å². The van der Waals surface area contributed by atoms with Crippen molar-refractivity contribution in [3.63, 3.8) is 0 Å². The number of nitrogens with one attached hydrogen (secondary N) is 1. The Morgan fingerprint density at radius 1 is 1.47 bits per heavy atom. The lowest BCUT2D eigenvalue weighted by atomic mass is 10.0. The zero-order chi connectivity index (χ0) is 12.1. The van der Waals surface area contributed by atoms with Gasteiger partial charge in [-0.2, -0.15) is 0 Å². The third kappa shape index (κ3) is 3.30. The van der Waals surface area contributed by atoms with E-state index >= 15 is 0 Å². The maximum Gasteiger partial charge on any atom is 0.0952 e. The first-order chi connectivity index (χ1) is 8.31. The molecule has 96 valence electrons. The van der Waals surface area contributed by atoms with E-state index in [0.717, 1.165) is 26.1 Å². The minimum atomic E-state index is 0.416. The number of aromatic nitrogens is 2. The molecule has 1 atom stereocenters. The standard InChI is InChI=1S/C13H23N3O/c1-11(9-17-2)14-7-8-16-10-15-12-5-3-4-6-13(12)16/h10-11,14H,3-9H2,1-2H3. The van der Waals surface area contributed by atoms with Crippen LogP contribution in [0.3, 0.4) is 0 Å². The van der Waals surface area contributed by atoms with Crippen LogP contribution in [0.5, 0.6) is 0 Å². The molecule has 1 unspecified atom stereocenters. The van der Waals surface area contributed by atoms with E-state index in [1.807, 2.05) is 6.33 Å². The molecule has 0 saturated heterocycles. The lowest BCUT2D eigenvalue weighted by Crippen LogP contribution is -2.33. The topological polar surface area (TPSA) is 39.1 Å². The third-order valence-electron chi connectivity index (χ3n) is 3.37. The van der Waals surface area contributed by atoms with Crippen molar-refractivity contribution in [1.82, 2.24) is 14.9 Å². The molecule has 2 rings (SSSR count). The number of hydrogen-bond acceptors (Lipinski definition) is 3. The van der Waals surface area contributed by atoms with Gasteiger partial charge < -0.3 is 14.6 Å². The highest BCUT2D eigenvalue weighted by molar-refractivity contribution is 5.16. The van der Waals surface area contributed by atoms with Crippen LogP contribution in [0.4, 0.5) is 0 Å². The Morgan fingerprint density at radius 2 is 2.29 bits per heavy atom. The fourth-order valence-corrected chi connectivity index (χ4v) is 2.46. The number of aryl methyl sites for hydroxylation is 1. The number of ether oxygens (including phenoxy) is 1. The predicted molar refractivity (Wildman–Crippen MR) is 68.2 cm³/mol. The summed E-state index contributed by atoms with van der Waals surface area (Å²) in [5.74, 6) is 0. The van der Waals surface area contributed by atoms with Crippen molar-refractivity contribution in [1.29, 1.82) is 0 Å². The quantitative estimate of drug-likeness (QED) is 0.812. The zero-order valence-corrected chi connectivity index (χ0v) is 10.9. The van der Waals surface area contributed by atoms with E-state index in [-0.39, 0.29) is 0 Å². The highest BCUT2D eigenvalue weighted by Gasteiger charge is 2.14. The van der Waals surface area contributed by atoms with Gasteiger partial charge in [-0.15, -0.1) is 0 Å². The number of imidazole rings is 1. The second-order valence-corrected chi connectivity index (χ2v) is 4.85. The molecule has 0 fully saturated rings. The number of hydrogen-bond donors (Lipinski definition) is 1. The molecule has 1 heterocycles. The van der Waals surface area contributed by atoms with Gasteiger partial charge in [-0.3, -0.25) is 0 Å². The summed E-state index contributed by atoms with van der Waals surface area (Å²) >= 11 is 0. The van der Waals surface area contributed by atoms with Crippen LogP contribution in [-0.4, -0.2) is 35.9 Å². The first-order valence-electron chi connectivity index (χ1n) is 6.56. The largest absolute Gasteiger partial charge is 0.383 e. The molecule has 1 aromatic heterocycles. The van der Waals surface area contributed by atoms with E-state index in [2.05, 4.69) is 21.8 Å². The number of nitrogens with zero attached hydrogens (tertiary/aromatic N) is 2. The highest BCUT2D eigenvalue weighted by Crippen LogP contribution is 2.19. The van der Waals surface area contributed by atoms with E-state index in [4.69, 9.17) is 4.74 Å². The molecule has 1 aromatic rings. The third-order valence-corrected chi connectivity index (χ3v) is 3.37. The molecule has 0 amide bonds. The maximum atomic E-state index is 5.10. The summed E-state index contributed by atoms with van der Waals surface area (Å²) in [5.41, 5.74) is 2.78. The summed E-state index contributed by atoms with van der Waals surface area (Å²) in [4.78, 5) is 4.50. The average Bonchev–Trinajstić information content (AvgIpc) is 2.73. The maximum absolute atomic E-state index is 5.10. The minimum absolute atomic E-state index is 0.416. The van der Waals surface area contributed by atoms with Crippen molar-refractivity contribution in [3.05, 3.63) is 17.7 Å². The lowest BCUT2D eigenvalue weighted by molar-refractivity contribution is 0.172. The summed E-state index contributed by atoms with van der Waals surface area (Å²) in [5, 5.41) is 3.46. The molecule has 17 heavy (non-hydrogen) atoms. The molecule has 4 nitrogen and oxygen atoms in total. The molecule has 0 saturated carbocycles. The molecule has 0 radical (unpaired) electrons. The van der Waals surface area contributed by atoms with Crippen LogP contribution in [0, 0.1) is 0 Å². The van der Waals surface area contributed by atoms with E-state index in [9.17, 15) is 0 Å². The molecule has 1 aliphatic carbocycles. The van der Waals surface area contributed by atoms with E-state index in [1.165, 1.54) is 30.7 Å². The number of fused-ring (bicyclic) bond motifs is 1. The average molecular weight is 237 g/mol. The van der Waals surface area contributed by atoms with Crippen molar-refractivity contribution >= 4 is 0 Å². The minimum Gasteiger partial charge on any atom is -0.383 e. The Morgan fingerprint density at radius 3 is 3.12 bits per heavy atom. The SMILES string of the molecule is COCC(C)NCCn1cnc2c1CCCC2. The first-order valence-corrected chi connectivity index (χ1v) is 6.56. The fourth-order valence-electron chi connectivity index (χ4n) is 2.46. The van der Waals surface area contributed by atoms with Crippen LogP contribution in [0.25, 0.3) is 0 Å². The summed E-state index contributed by atoms with van der Waals surface area (Å²) in [6.07, 6.45) is 6.97. The summed E-state index contributed by atoms with van der Waals surface area (Å²) in [7, 11) is 1.74.